The molecule has 6 heteroatoms. The Hall–Kier alpha value is -5.04. The zero-order valence-corrected chi connectivity index (χ0v) is 26.1. The molecule has 0 fully saturated rings. The summed E-state index contributed by atoms with van der Waals surface area (Å²) < 4.78 is 12.0. The lowest BCUT2D eigenvalue weighted by molar-refractivity contribution is 0.667. The standard InChI is InChI=1S/C40H22BN2OS2/c1-4-16-29-20(9-1)27-19-26(21-12-7-14-25-34(21)42-35-23-11-3-6-18-31(23)45-39(25)35)33-37(38(27)44-29)43-36-24(13-8-15-28(36)41-33)32-22-10-2-5-17-30(22)46-40(32)43/h1,3-9,11-19,42H,2,10H2. The quantitative estimate of drug-likeness (QED) is 0.182. The van der Waals surface area contributed by atoms with Crippen molar-refractivity contribution in [3.63, 3.8) is 0 Å². The third-order valence-corrected chi connectivity index (χ3v) is 12.7. The predicted octanol–water partition coefficient (Wildman–Crippen LogP) is 10.2. The maximum atomic E-state index is 6.82. The van der Waals surface area contributed by atoms with Crippen LogP contribution in [-0.4, -0.2) is 16.8 Å². The molecule has 0 saturated carbocycles. The number of furan rings is 1. The Morgan fingerprint density at radius 2 is 1.61 bits per heavy atom. The van der Waals surface area contributed by atoms with Gasteiger partial charge in [0, 0.05) is 53.0 Å². The van der Waals surface area contributed by atoms with Crippen molar-refractivity contribution in [2.75, 3.05) is 0 Å². The number of hydrogen-bond acceptors (Lipinski definition) is 3. The molecule has 0 amide bonds. The first-order valence-corrected chi connectivity index (χ1v) is 17.5. The molecule has 6 heterocycles. The Morgan fingerprint density at radius 1 is 0.761 bits per heavy atom. The number of H-pyrrole nitrogens is 1. The summed E-state index contributed by atoms with van der Waals surface area (Å²) in [4.78, 5) is 6.62. The number of hydrogen-bond donors (Lipinski definition) is 1. The van der Waals surface area contributed by atoms with E-state index in [4.69, 9.17) is 4.42 Å². The molecule has 1 N–H and O–H groups in total. The Morgan fingerprint density at radius 3 is 2.59 bits per heavy atom. The molecule has 5 aromatic heterocycles. The van der Waals surface area contributed by atoms with Gasteiger partial charge in [0.1, 0.15) is 10.4 Å². The van der Waals surface area contributed by atoms with Gasteiger partial charge >= 0.3 is 0 Å². The van der Waals surface area contributed by atoms with Crippen LogP contribution in [0.4, 0.5) is 0 Å². The number of nitrogens with one attached hydrogen (secondary N) is 1. The summed E-state index contributed by atoms with van der Waals surface area (Å²) in [5.74, 6) is 0. The maximum absolute atomic E-state index is 6.82. The van der Waals surface area contributed by atoms with Gasteiger partial charge in [-0.25, -0.2) is 0 Å². The molecule has 0 unspecified atom stereocenters. The highest BCUT2D eigenvalue weighted by molar-refractivity contribution is 7.26. The smallest absolute Gasteiger partial charge is 0.198 e. The average Bonchev–Trinajstić information content (AvgIpc) is 3.89. The van der Waals surface area contributed by atoms with Crippen molar-refractivity contribution in [1.82, 2.24) is 9.55 Å². The van der Waals surface area contributed by atoms with Crippen LogP contribution in [0.15, 0.2) is 101 Å². The first kappa shape index (κ1) is 24.2. The molecule has 1 radical (unpaired) electrons. The number of rotatable bonds is 1. The molecule has 1 aliphatic heterocycles. The number of fused-ring (bicyclic) bond motifs is 16. The number of thiophene rings is 2. The number of aryl methyl sites for hydroxylation is 1. The molecular formula is C40H22BN2OS2. The minimum Gasteiger partial charge on any atom is -0.454 e. The molecule has 2 aliphatic rings. The summed E-state index contributed by atoms with van der Waals surface area (Å²) in [6.45, 7) is 0. The number of aromatic nitrogens is 2. The number of aromatic amines is 1. The average molecular weight is 622 g/mol. The second kappa shape index (κ2) is 8.41. The Labute approximate surface area is 271 Å². The van der Waals surface area contributed by atoms with Crippen LogP contribution in [0, 0.1) is 0 Å². The highest BCUT2D eigenvalue weighted by atomic mass is 32.1. The van der Waals surface area contributed by atoms with Crippen molar-refractivity contribution in [3.05, 3.63) is 108 Å². The van der Waals surface area contributed by atoms with E-state index in [1.165, 1.54) is 84.8 Å². The SMILES string of the molecule is [B]1c2c(-c3cccc4c3[nH]c3c5ccccc5sc43)cc3c(oc4ccccc43)c2-n2c3sc4c(c3c3cccc1c32)CCC=C4. The van der Waals surface area contributed by atoms with Gasteiger partial charge in [-0.05, 0) is 53.7 Å². The van der Waals surface area contributed by atoms with E-state index in [2.05, 4.69) is 120 Å². The van der Waals surface area contributed by atoms with Crippen molar-refractivity contribution >= 4 is 121 Å². The summed E-state index contributed by atoms with van der Waals surface area (Å²) in [6, 6.07) is 33.2. The third kappa shape index (κ3) is 2.87. The van der Waals surface area contributed by atoms with Gasteiger partial charge in [-0.1, -0.05) is 84.3 Å². The first-order chi connectivity index (χ1) is 22.8. The molecule has 213 valence electrons. The molecule has 3 nitrogen and oxygen atoms in total. The highest BCUT2D eigenvalue weighted by Gasteiger charge is 2.32. The second-order valence-electron chi connectivity index (χ2n) is 12.6. The van der Waals surface area contributed by atoms with E-state index in [0.717, 1.165) is 40.5 Å². The van der Waals surface area contributed by atoms with Crippen LogP contribution >= 0.6 is 22.7 Å². The monoisotopic (exact) mass is 621 g/mol. The topological polar surface area (TPSA) is 33.9 Å². The normalized spacial score (nSPS) is 14.0. The van der Waals surface area contributed by atoms with E-state index < -0.39 is 0 Å². The zero-order chi connectivity index (χ0) is 29.7. The van der Waals surface area contributed by atoms with Crippen LogP contribution in [0.5, 0.6) is 0 Å². The van der Waals surface area contributed by atoms with Gasteiger partial charge in [0.05, 0.1) is 21.4 Å². The Balaban J connectivity index is 1.27. The lowest BCUT2D eigenvalue weighted by Gasteiger charge is -2.23. The summed E-state index contributed by atoms with van der Waals surface area (Å²) in [6.07, 6.45) is 6.84. The first-order valence-electron chi connectivity index (χ1n) is 15.8. The molecular weight excluding hydrogens is 599 g/mol. The lowest BCUT2D eigenvalue weighted by atomic mass is 9.59. The van der Waals surface area contributed by atoms with Crippen LogP contribution < -0.4 is 10.9 Å². The van der Waals surface area contributed by atoms with Crippen LogP contribution in [0.25, 0.3) is 97.2 Å². The van der Waals surface area contributed by atoms with Crippen LogP contribution in [0.3, 0.4) is 0 Å². The zero-order valence-electron chi connectivity index (χ0n) is 24.5. The molecule has 10 aromatic rings. The third-order valence-electron chi connectivity index (χ3n) is 10.3. The predicted molar refractivity (Wildman–Crippen MR) is 198 cm³/mol. The minimum atomic E-state index is 0.925. The molecule has 1 aliphatic carbocycles. The fraction of sp³-hybridized carbons (Fsp3) is 0.0500. The maximum Gasteiger partial charge on any atom is 0.198 e. The van der Waals surface area contributed by atoms with E-state index >= 15 is 0 Å². The Bertz CT molecular complexity index is 3020. The molecule has 0 bridgehead atoms. The van der Waals surface area contributed by atoms with E-state index in [0.29, 0.717) is 0 Å². The molecule has 0 saturated heterocycles. The molecule has 0 atom stereocenters. The van der Waals surface area contributed by atoms with Crippen LogP contribution in [0.2, 0.25) is 0 Å². The minimum absolute atomic E-state index is 0.925. The number of allylic oxidation sites excluding steroid dienone is 1. The van der Waals surface area contributed by atoms with Crippen molar-refractivity contribution in [3.8, 4) is 16.8 Å². The van der Waals surface area contributed by atoms with E-state index in [1.807, 2.05) is 22.7 Å². The number of nitrogens with zero attached hydrogens (tertiary/aromatic N) is 1. The van der Waals surface area contributed by atoms with Crippen molar-refractivity contribution < 1.29 is 4.42 Å². The van der Waals surface area contributed by atoms with Gasteiger partial charge in [0.25, 0.3) is 0 Å². The van der Waals surface area contributed by atoms with Crippen molar-refractivity contribution in [2.45, 2.75) is 12.8 Å². The number of benzene rings is 5. The second-order valence-corrected chi connectivity index (χ2v) is 14.7. The van der Waals surface area contributed by atoms with Gasteiger partial charge in [-0.3, -0.25) is 4.57 Å². The fourth-order valence-electron chi connectivity index (χ4n) is 8.34. The molecule has 46 heavy (non-hydrogen) atoms. The number of para-hydroxylation sites is 3. The molecule has 12 rings (SSSR count). The van der Waals surface area contributed by atoms with Crippen LogP contribution in [-0.2, 0) is 6.42 Å². The highest BCUT2D eigenvalue weighted by Crippen LogP contribution is 2.47. The molecule has 5 aromatic carbocycles. The van der Waals surface area contributed by atoms with Gasteiger partial charge in [0.15, 0.2) is 12.9 Å². The van der Waals surface area contributed by atoms with E-state index in [9.17, 15) is 0 Å². The summed E-state index contributed by atoms with van der Waals surface area (Å²) in [5, 5.41) is 7.63. The van der Waals surface area contributed by atoms with Gasteiger partial charge in [-0.2, -0.15) is 0 Å². The fourth-order valence-corrected chi connectivity index (χ4v) is 10.8. The Kier molecular flexibility index (Phi) is 4.43. The van der Waals surface area contributed by atoms with Crippen molar-refractivity contribution in [1.29, 1.82) is 0 Å². The lowest BCUT2D eigenvalue weighted by Crippen LogP contribution is -2.37. The summed E-state index contributed by atoms with van der Waals surface area (Å²) in [5.41, 5.74) is 13.2. The largest absolute Gasteiger partial charge is 0.454 e. The molecule has 0 spiro atoms. The summed E-state index contributed by atoms with van der Waals surface area (Å²) in [7, 11) is 2.41. The van der Waals surface area contributed by atoms with Gasteiger partial charge in [0.2, 0.25) is 0 Å². The summed E-state index contributed by atoms with van der Waals surface area (Å²) >= 11 is 3.80. The van der Waals surface area contributed by atoms with Crippen LogP contribution in [0.1, 0.15) is 16.9 Å². The van der Waals surface area contributed by atoms with Crippen molar-refractivity contribution in [2.24, 2.45) is 0 Å². The van der Waals surface area contributed by atoms with E-state index in [-0.39, 0.29) is 0 Å². The van der Waals surface area contributed by atoms with Gasteiger partial charge < -0.3 is 9.40 Å². The van der Waals surface area contributed by atoms with Gasteiger partial charge in [-0.15, -0.1) is 22.7 Å². The van der Waals surface area contributed by atoms with E-state index in [1.54, 1.807) is 0 Å².